The molecule has 0 saturated heterocycles. The quantitative estimate of drug-likeness (QED) is 0.385. The van der Waals surface area contributed by atoms with Gasteiger partial charge in [-0.3, -0.25) is 4.79 Å². The van der Waals surface area contributed by atoms with Crippen molar-refractivity contribution in [2.24, 2.45) is 10.9 Å². The number of benzene rings is 1. The summed E-state index contributed by atoms with van der Waals surface area (Å²) < 4.78 is 36.2. The summed E-state index contributed by atoms with van der Waals surface area (Å²) in [6.45, 7) is 0. The average molecular weight is 289 g/mol. The van der Waals surface area contributed by atoms with Gasteiger partial charge in [0.1, 0.15) is 0 Å². The minimum absolute atomic E-state index is 0.150. The van der Waals surface area contributed by atoms with E-state index in [1.165, 1.54) is 13.1 Å². The largest absolute Gasteiger partial charge is 0.409 e. The minimum atomic E-state index is -4.37. The van der Waals surface area contributed by atoms with E-state index in [0.717, 1.165) is 4.90 Å². The number of amidine groups is 1. The Morgan fingerprint density at radius 3 is 2.65 bits per heavy atom. The summed E-state index contributed by atoms with van der Waals surface area (Å²) in [7, 11) is 1.37. The summed E-state index contributed by atoms with van der Waals surface area (Å²) in [6.07, 6.45) is -6.17. The van der Waals surface area contributed by atoms with Crippen molar-refractivity contribution in [2.75, 3.05) is 11.9 Å². The van der Waals surface area contributed by atoms with Crippen molar-refractivity contribution in [3.63, 3.8) is 0 Å². The molecule has 0 aliphatic carbocycles. The van der Waals surface area contributed by atoms with Crippen molar-refractivity contribution in [3.05, 3.63) is 29.8 Å². The summed E-state index contributed by atoms with van der Waals surface area (Å²) in [4.78, 5) is 12.8. The van der Waals surface area contributed by atoms with E-state index in [9.17, 15) is 18.0 Å². The number of alkyl halides is 3. The molecule has 20 heavy (non-hydrogen) atoms. The van der Waals surface area contributed by atoms with Crippen molar-refractivity contribution in [1.82, 2.24) is 0 Å². The van der Waals surface area contributed by atoms with E-state index in [1.54, 1.807) is 18.2 Å². The van der Waals surface area contributed by atoms with Crippen LogP contribution in [0.25, 0.3) is 0 Å². The van der Waals surface area contributed by atoms with E-state index in [2.05, 4.69) is 5.16 Å². The topological polar surface area (TPSA) is 78.9 Å². The van der Waals surface area contributed by atoms with Gasteiger partial charge in [-0.15, -0.1) is 0 Å². The van der Waals surface area contributed by atoms with Crippen LogP contribution >= 0.6 is 0 Å². The van der Waals surface area contributed by atoms with Crippen LogP contribution in [-0.4, -0.2) is 30.2 Å². The van der Waals surface area contributed by atoms with Crippen LogP contribution in [0, 0.1) is 0 Å². The lowest BCUT2D eigenvalue weighted by Crippen LogP contribution is -2.27. The monoisotopic (exact) mass is 289 g/mol. The molecule has 1 aromatic carbocycles. The van der Waals surface area contributed by atoms with E-state index in [1.807, 2.05) is 0 Å². The zero-order valence-electron chi connectivity index (χ0n) is 10.7. The maximum atomic E-state index is 12.1. The molecule has 0 spiro atoms. The predicted molar refractivity (Wildman–Crippen MR) is 67.7 cm³/mol. The fraction of sp³-hybridized carbons (Fsp3) is 0.333. The minimum Gasteiger partial charge on any atom is -0.409 e. The molecule has 0 radical (unpaired) electrons. The van der Waals surface area contributed by atoms with Gasteiger partial charge < -0.3 is 15.8 Å². The number of oxime groups is 1. The number of amides is 1. The number of rotatable bonds is 4. The van der Waals surface area contributed by atoms with Crippen molar-refractivity contribution in [3.8, 4) is 0 Å². The van der Waals surface area contributed by atoms with Crippen LogP contribution in [0.1, 0.15) is 18.4 Å². The molecule has 1 aromatic rings. The number of anilines is 1. The second kappa shape index (κ2) is 6.27. The Labute approximate surface area is 113 Å². The second-order valence-corrected chi connectivity index (χ2v) is 4.10. The molecule has 0 unspecified atom stereocenters. The number of nitrogens with zero attached hydrogens (tertiary/aromatic N) is 2. The first kappa shape index (κ1) is 15.8. The molecule has 0 atom stereocenters. The van der Waals surface area contributed by atoms with Crippen molar-refractivity contribution in [2.45, 2.75) is 19.0 Å². The lowest BCUT2D eigenvalue weighted by atomic mass is 10.1. The van der Waals surface area contributed by atoms with Gasteiger partial charge in [0.2, 0.25) is 5.91 Å². The highest BCUT2D eigenvalue weighted by Crippen LogP contribution is 2.23. The summed E-state index contributed by atoms with van der Waals surface area (Å²) in [6, 6.07) is 6.09. The summed E-state index contributed by atoms with van der Waals surface area (Å²) in [5, 5.41) is 11.4. The van der Waals surface area contributed by atoms with Crippen molar-refractivity contribution < 1.29 is 23.2 Å². The lowest BCUT2D eigenvalue weighted by Gasteiger charge is -2.18. The van der Waals surface area contributed by atoms with Crippen molar-refractivity contribution >= 4 is 17.4 Å². The molecule has 110 valence electrons. The molecular weight excluding hydrogens is 275 g/mol. The Bertz CT molecular complexity index is 515. The summed E-state index contributed by atoms with van der Waals surface area (Å²) in [5.74, 6) is -0.818. The fourth-order valence-corrected chi connectivity index (χ4v) is 1.49. The van der Waals surface area contributed by atoms with Crippen LogP contribution < -0.4 is 10.6 Å². The highest BCUT2D eigenvalue weighted by molar-refractivity contribution is 5.99. The Morgan fingerprint density at radius 1 is 1.45 bits per heavy atom. The van der Waals surface area contributed by atoms with Gasteiger partial charge in [-0.25, -0.2) is 0 Å². The van der Waals surface area contributed by atoms with E-state index in [-0.39, 0.29) is 5.84 Å². The Hall–Kier alpha value is -2.25. The first-order valence-electron chi connectivity index (χ1n) is 5.66. The molecule has 0 aliphatic heterocycles. The summed E-state index contributed by atoms with van der Waals surface area (Å²) >= 11 is 0. The lowest BCUT2D eigenvalue weighted by molar-refractivity contribution is -0.142. The third kappa shape index (κ3) is 4.45. The molecular formula is C12H14F3N3O2. The number of hydrogen-bond acceptors (Lipinski definition) is 3. The zero-order chi connectivity index (χ0) is 15.3. The van der Waals surface area contributed by atoms with Gasteiger partial charge in [0.25, 0.3) is 0 Å². The van der Waals surface area contributed by atoms with Crippen molar-refractivity contribution in [1.29, 1.82) is 0 Å². The number of carbonyl (C=O) groups is 1. The second-order valence-electron chi connectivity index (χ2n) is 4.10. The average Bonchev–Trinajstić information content (AvgIpc) is 2.42. The Morgan fingerprint density at radius 2 is 2.10 bits per heavy atom. The van der Waals surface area contributed by atoms with Crippen LogP contribution in [0.15, 0.2) is 29.4 Å². The van der Waals surface area contributed by atoms with Crippen LogP contribution in [0.4, 0.5) is 18.9 Å². The molecule has 0 aliphatic rings. The molecule has 5 nitrogen and oxygen atoms in total. The highest BCUT2D eigenvalue weighted by Gasteiger charge is 2.28. The van der Waals surface area contributed by atoms with Crippen LogP contribution in [0.5, 0.6) is 0 Å². The van der Waals surface area contributed by atoms with Gasteiger partial charge in [-0.2, -0.15) is 13.2 Å². The van der Waals surface area contributed by atoms with Crippen LogP contribution in [0.2, 0.25) is 0 Å². The number of halogens is 3. The standard InChI is InChI=1S/C12H14F3N3O2/c1-18(10(19)5-6-12(13,14)15)9-4-2-3-8(7-9)11(16)17-20/h2-4,7,20H,5-6H2,1H3,(H2,16,17). The Kier molecular flexibility index (Phi) is 4.95. The maximum Gasteiger partial charge on any atom is 0.389 e. The van der Waals surface area contributed by atoms with Gasteiger partial charge in [-0.1, -0.05) is 17.3 Å². The van der Waals surface area contributed by atoms with Gasteiger partial charge in [-0.05, 0) is 12.1 Å². The summed E-state index contributed by atoms with van der Waals surface area (Å²) in [5.41, 5.74) is 6.13. The SMILES string of the molecule is CN(C(=O)CCC(F)(F)F)c1cccc(C(N)=NO)c1. The molecule has 1 amide bonds. The van der Waals surface area contributed by atoms with Gasteiger partial charge in [0.15, 0.2) is 5.84 Å². The number of carbonyl (C=O) groups excluding carboxylic acids is 1. The van der Waals surface area contributed by atoms with Crippen LogP contribution in [-0.2, 0) is 4.79 Å². The molecule has 0 saturated carbocycles. The fourth-order valence-electron chi connectivity index (χ4n) is 1.49. The highest BCUT2D eigenvalue weighted by atomic mass is 19.4. The normalized spacial score (nSPS) is 12.3. The Balaban J connectivity index is 2.82. The van der Waals surface area contributed by atoms with E-state index >= 15 is 0 Å². The van der Waals surface area contributed by atoms with E-state index in [0.29, 0.717) is 11.3 Å². The number of hydrogen-bond donors (Lipinski definition) is 2. The van der Waals surface area contributed by atoms with Gasteiger partial charge in [0, 0.05) is 24.7 Å². The molecule has 8 heteroatoms. The number of nitrogens with two attached hydrogens (primary N) is 1. The maximum absolute atomic E-state index is 12.1. The molecule has 0 heterocycles. The van der Waals surface area contributed by atoms with Crippen LogP contribution in [0.3, 0.4) is 0 Å². The smallest absolute Gasteiger partial charge is 0.389 e. The zero-order valence-corrected chi connectivity index (χ0v) is 10.7. The first-order chi connectivity index (χ1) is 9.24. The van der Waals surface area contributed by atoms with Gasteiger partial charge >= 0.3 is 6.18 Å². The molecule has 1 rings (SSSR count). The molecule has 0 aromatic heterocycles. The van der Waals surface area contributed by atoms with Gasteiger partial charge in [0.05, 0.1) is 6.42 Å². The third-order valence-electron chi connectivity index (χ3n) is 2.63. The van der Waals surface area contributed by atoms with E-state index in [4.69, 9.17) is 10.9 Å². The third-order valence-corrected chi connectivity index (χ3v) is 2.63. The molecule has 0 fully saturated rings. The molecule has 0 bridgehead atoms. The predicted octanol–water partition coefficient (Wildman–Crippen LogP) is 2.09. The first-order valence-corrected chi connectivity index (χ1v) is 5.66. The molecule has 3 N–H and O–H groups in total. The van der Waals surface area contributed by atoms with E-state index < -0.39 is 24.9 Å².